The number of aromatic nitrogens is 4. The number of nitrogens with one attached hydrogen (secondary N) is 4. The van der Waals surface area contributed by atoms with Crippen LogP contribution in [0.1, 0.15) is 75.4 Å². The predicted molar refractivity (Wildman–Crippen MR) is 235 cm³/mol. The lowest BCUT2D eigenvalue weighted by Gasteiger charge is -2.30. The second-order valence-electron chi connectivity index (χ2n) is 16.6. The van der Waals surface area contributed by atoms with Gasteiger partial charge < -0.3 is 39.9 Å². The molecule has 5 atom stereocenters. The predicted octanol–water partition coefficient (Wildman–Crippen LogP) is 8.34. The van der Waals surface area contributed by atoms with E-state index in [2.05, 4.69) is 88.2 Å². The number of aromatic amines is 2. The Hall–Kier alpha value is -6.96. The summed E-state index contributed by atoms with van der Waals surface area (Å²) in [6.07, 6.45) is 4.70. The van der Waals surface area contributed by atoms with Crippen LogP contribution in [0.4, 0.5) is 9.59 Å². The molecule has 0 bridgehead atoms. The summed E-state index contributed by atoms with van der Waals surface area (Å²) in [5.41, 5.74) is 6.51. The molecule has 14 heteroatoms. The molecule has 4 N–H and O–H groups in total. The third-order valence-electron chi connectivity index (χ3n) is 12.1. The Bertz CT molecular complexity index is 2570. The molecule has 2 saturated heterocycles. The fourth-order valence-electron chi connectivity index (χ4n) is 8.76. The summed E-state index contributed by atoms with van der Waals surface area (Å²) in [6, 6.07) is 28.2. The van der Waals surface area contributed by atoms with Crippen molar-refractivity contribution in [2.75, 3.05) is 27.3 Å². The number of fused-ring (bicyclic) bond motifs is 1. The van der Waals surface area contributed by atoms with Crippen LogP contribution in [0.25, 0.3) is 44.4 Å². The molecule has 62 heavy (non-hydrogen) atoms. The van der Waals surface area contributed by atoms with Gasteiger partial charge in [-0.1, -0.05) is 99.6 Å². The van der Waals surface area contributed by atoms with E-state index in [9.17, 15) is 19.2 Å². The lowest BCUT2D eigenvalue weighted by atomic mass is 9.98. The summed E-state index contributed by atoms with van der Waals surface area (Å²) < 4.78 is 9.63. The minimum atomic E-state index is -0.892. The maximum atomic E-state index is 14.1. The fourth-order valence-corrected chi connectivity index (χ4v) is 8.76. The molecule has 0 spiro atoms. The first-order valence-electron chi connectivity index (χ1n) is 21.1. The van der Waals surface area contributed by atoms with Crippen molar-refractivity contribution in [1.82, 2.24) is 40.4 Å². The summed E-state index contributed by atoms with van der Waals surface area (Å²) in [7, 11) is 2.58. The fraction of sp³-hybridized carbons (Fsp3) is 0.333. The number of H-pyrrole nitrogens is 2. The molecule has 320 valence electrons. The van der Waals surface area contributed by atoms with Crippen LogP contribution in [-0.4, -0.2) is 87.1 Å². The summed E-state index contributed by atoms with van der Waals surface area (Å²) in [5, 5.41) is 7.62. The maximum absolute atomic E-state index is 14.1. The van der Waals surface area contributed by atoms with E-state index in [0.717, 1.165) is 69.5 Å². The van der Waals surface area contributed by atoms with Gasteiger partial charge in [-0.3, -0.25) is 9.59 Å². The highest BCUT2D eigenvalue weighted by Crippen LogP contribution is 2.38. The normalized spacial score (nSPS) is 18.5. The number of amides is 4. The van der Waals surface area contributed by atoms with Gasteiger partial charge in [0.1, 0.15) is 23.7 Å². The van der Waals surface area contributed by atoms with Crippen molar-refractivity contribution in [3.8, 4) is 33.6 Å². The molecule has 14 nitrogen and oxygen atoms in total. The second kappa shape index (κ2) is 17.9. The van der Waals surface area contributed by atoms with Gasteiger partial charge in [-0.05, 0) is 76.3 Å². The molecule has 4 aromatic carbocycles. The molecule has 0 aliphatic carbocycles. The Morgan fingerprint density at radius 1 is 0.694 bits per heavy atom. The first-order valence-corrected chi connectivity index (χ1v) is 21.1. The summed E-state index contributed by atoms with van der Waals surface area (Å²) in [6.45, 7) is 7.05. The van der Waals surface area contributed by atoms with Crippen LogP contribution >= 0.6 is 0 Å². The Morgan fingerprint density at radius 3 is 1.94 bits per heavy atom. The molecule has 2 aliphatic rings. The van der Waals surface area contributed by atoms with E-state index >= 15 is 0 Å². The number of likely N-dealkylation sites (tertiary alicyclic amines) is 2. The van der Waals surface area contributed by atoms with Gasteiger partial charge >= 0.3 is 12.2 Å². The van der Waals surface area contributed by atoms with Crippen LogP contribution in [0.5, 0.6) is 0 Å². The standard InChI is InChI=1S/C48H52N8O6/c1-28(2)41(53-47(59)61-4)45(57)55-21-9-12-39(55)43-49-26-38(52-43)36-20-19-34-23-33(17-18-35(34)24-36)30-13-15-31(16-14-30)37-25-50-44(51-37)40-22-29(3)27-56(40)46(58)42(54-48(60)62-5)32-10-7-6-8-11-32/h6-8,10-11,13-20,23-26,28-29,39-42H,9,12,21-22,27H2,1-5H3,(H,49,52)(H,50,51)(H,53,59)(H,54,60)/t29-,39+,40+,41?,42-/m1/s1. The van der Waals surface area contributed by atoms with Crippen molar-refractivity contribution >= 4 is 34.8 Å². The molecule has 4 amide bonds. The van der Waals surface area contributed by atoms with E-state index in [4.69, 9.17) is 19.4 Å². The largest absolute Gasteiger partial charge is 0.453 e. The van der Waals surface area contributed by atoms with Gasteiger partial charge in [0.2, 0.25) is 5.91 Å². The highest BCUT2D eigenvalue weighted by atomic mass is 16.5. The zero-order chi connectivity index (χ0) is 43.5. The highest BCUT2D eigenvalue weighted by molar-refractivity contribution is 5.91. The molecule has 6 aromatic rings. The smallest absolute Gasteiger partial charge is 0.407 e. The van der Waals surface area contributed by atoms with Crippen LogP contribution in [0.2, 0.25) is 0 Å². The quantitative estimate of drug-likeness (QED) is 0.101. The van der Waals surface area contributed by atoms with Crippen molar-refractivity contribution in [2.24, 2.45) is 11.8 Å². The molecule has 2 fully saturated rings. The molecule has 0 radical (unpaired) electrons. The van der Waals surface area contributed by atoms with Gasteiger partial charge in [0.15, 0.2) is 0 Å². The average molecular weight is 837 g/mol. The lowest BCUT2D eigenvalue weighted by Crippen LogP contribution is -2.51. The van der Waals surface area contributed by atoms with Gasteiger partial charge in [0, 0.05) is 18.7 Å². The monoisotopic (exact) mass is 836 g/mol. The Morgan fingerprint density at radius 2 is 1.27 bits per heavy atom. The zero-order valence-corrected chi connectivity index (χ0v) is 35.6. The van der Waals surface area contributed by atoms with Crippen LogP contribution in [0.3, 0.4) is 0 Å². The van der Waals surface area contributed by atoms with Crippen molar-refractivity contribution < 1.29 is 28.7 Å². The molecule has 2 aromatic heterocycles. The molecular formula is C48H52N8O6. The van der Waals surface area contributed by atoms with E-state index in [1.165, 1.54) is 14.2 Å². The SMILES string of the molecule is COC(=O)NC(C(=O)N1CCC[C@H]1c1ncc(-c2ccc3cc(-c4ccc(-c5cnc([C@@H]6C[C@@H](C)CN6C(=O)[C@H](NC(=O)OC)c6ccccc6)[nH]5)cc4)ccc3c2)[nH]1)C(C)C. The summed E-state index contributed by atoms with van der Waals surface area (Å²) in [4.78, 5) is 72.0. The Kier molecular flexibility index (Phi) is 12.1. The van der Waals surface area contributed by atoms with Gasteiger partial charge in [-0.2, -0.15) is 0 Å². The van der Waals surface area contributed by atoms with Gasteiger partial charge in [-0.15, -0.1) is 0 Å². The van der Waals surface area contributed by atoms with Gasteiger partial charge in [0.05, 0.1) is 50.1 Å². The maximum Gasteiger partial charge on any atom is 0.407 e. The van der Waals surface area contributed by atoms with Crippen LogP contribution in [-0.2, 0) is 19.1 Å². The number of benzene rings is 4. The number of carbonyl (C=O) groups is 4. The van der Waals surface area contributed by atoms with Crippen LogP contribution < -0.4 is 10.6 Å². The zero-order valence-electron chi connectivity index (χ0n) is 35.6. The van der Waals surface area contributed by atoms with E-state index in [1.54, 1.807) is 0 Å². The first-order chi connectivity index (χ1) is 30.0. The highest BCUT2D eigenvalue weighted by Gasteiger charge is 2.40. The third kappa shape index (κ3) is 8.63. The topological polar surface area (TPSA) is 175 Å². The third-order valence-corrected chi connectivity index (χ3v) is 12.1. The minimum Gasteiger partial charge on any atom is -0.453 e. The van der Waals surface area contributed by atoms with E-state index in [1.807, 2.05) is 66.4 Å². The van der Waals surface area contributed by atoms with Crippen molar-refractivity contribution in [1.29, 1.82) is 0 Å². The van der Waals surface area contributed by atoms with Crippen molar-refractivity contribution in [2.45, 2.75) is 64.2 Å². The molecule has 8 rings (SSSR count). The summed E-state index contributed by atoms with van der Waals surface area (Å²) in [5.74, 6) is 1.21. The molecular weight excluding hydrogens is 785 g/mol. The number of rotatable bonds is 11. The average Bonchev–Trinajstić information content (AvgIpc) is 4.14. The number of nitrogens with zero attached hydrogens (tertiary/aromatic N) is 4. The number of hydrogen-bond acceptors (Lipinski definition) is 8. The number of ether oxygens (including phenoxy) is 2. The number of imidazole rings is 2. The van der Waals surface area contributed by atoms with Crippen LogP contribution in [0, 0.1) is 11.8 Å². The molecule has 1 unspecified atom stereocenters. The van der Waals surface area contributed by atoms with E-state index in [0.29, 0.717) is 24.5 Å². The number of methoxy groups -OCH3 is 2. The Balaban J connectivity index is 0.950. The summed E-state index contributed by atoms with van der Waals surface area (Å²) >= 11 is 0. The number of alkyl carbamates (subject to hydrolysis) is 2. The molecule has 2 aliphatic heterocycles. The number of carbonyl (C=O) groups excluding carboxylic acids is 4. The molecule has 0 saturated carbocycles. The Labute approximate surface area is 360 Å². The van der Waals surface area contributed by atoms with Crippen molar-refractivity contribution in [3.05, 3.63) is 121 Å². The first kappa shape index (κ1) is 41.8. The van der Waals surface area contributed by atoms with Crippen LogP contribution in [0.15, 0.2) is 103 Å². The van der Waals surface area contributed by atoms with E-state index in [-0.39, 0.29) is 35.7 Å². The second-order valence-corrected chi connectivity index (χ2v) is 16.6. The lowest BCUT2D eigenvalue weighted by molar-refractivity contribution is -0.136. The van der Waals surface area contributed by atoms with Gasteiger partial charge in [-0.25, -0.2) is 19.6 Å². The van der Waals surface area contributed by atoms with Gasteiger partial charge in [0.25, 0.3) is 5.91 Å². The van der Waals surface area contributed by atoms with E-state index < -0.39 is 24.3 Å². The number of hydrogen-bond donors (Lipinski definition) is 4. The minimum absolute atomic E-state index is 0.109. The van der Waals surface area contributed by atoms with Crippen molar-refractivity contribution in [3.63, 3.8) is 0 Å². The molecule has 4 heterocycles.